The lowest BCUT2D eigenvalue weighted by atomic mass is 10.2. The summed E-state index contributed by atoms with van der Waals surface area (Å²) in [5.41, 5.74) is 7.94. The van der Waals surface area contributed by atoms with Crippen molar-refractivity contribution in [3.05, 3.63) is 29.8 Å². The molecule has 4 N–H and O–H groups in total. The number of hydroxylamine groups is 1. The van der Waals surface area contributed by atoms with Gasteiger partial charge in [-0.15, -0.1) is 0 Å². The van der Waals surface area contributed by atoms with E-state index < -0.39 is 5.97 Å². The minimum atomic E-state index is -1.10. The minimum absolute atomic E-state index is 0.0458. The van der Waals surface area contributed by atoms with Crippen LogP contribution in [0, 0.1) is 0 Å². The standard InChI is InChI=1S/C12H13N5O3S3/c1-7(21)15-17(23)12(20-16-8(2)22)14-13-10-6-4-3-5-9(10)11(18)19/h3-6H,1-2H3,(H3-,13,15,16,18,19,21,22,23)/p+1. The van der Waals surface area contributed by atoms with E-state index >= 15 is 0 Å². The molecule has 0 aromatic heterocycles. The zero-order valence-corrected chi connectivity index (χ0v) is 14.6. The molecule has 0 fully saturated rings. The number of aromatic carboxylic acids is 1. The summed E-state index contributed by atoms with van der Waals surface area (Å²) in [5.74, 6) is -1.10. The van der Waals surface area contributed by atoms with E-state index in [1.807, 2.05) is 0 Å². The fourth-order valence-corrected chi connectivity index (χ4v) is 1.70. The highest BCUT2D eigenvalue weighted by molar-refractivity contribution is 7.80. The Balaban J connectivity index is 2.99. The number of carboxylic acid groups (broad SMARTS) is 1. The van der Waals surface area contributed by atoms with Crippen LogP contribution in [-0.4, -0.2) is 31.1 Å². The Bertz CT molecular complexity index is 678. The molecule has 122 valence electrons. The molecule has 0 spiro atoms. The number of hydrogen-bond acceptors (Lipinski definition) is 7. The van der Waals surface area contributed by atoms with Gasteiger partial charge in [0.15, 0.2) is 12.4 Å². The largest absolute Gasteiger partial charge is 0.582 e. The predicted molar refractivity (Wildman–Crippen MR) is 96.0 cm³/mol. The number of hydrazine groups is 1. The van der Waals surface area contributed by atoms with Gasteiger partial charge in [0.1, 0.15) is 9.98 Å². The number of carboxylic acids is 1. The Morgan fingerprint density at radius 3 is 2.48 bits per heavy atom. The first-order chi connectivity index (χ1) is 10.8. The van der Waals surface area contributed by atoms with Crippen LogP contribution in [0.1, 0.15) is 24.2 Å². The van der Waals surface area contributed by atoms with Gasteiger partial charge < -0.3 is 5.11 Å². The number of nitrogens with one attached hydrogen (secondary N) is 3. The summed E-state index contributed by atoms with van der Waals surface area (Å²) in [7, 11) is 0. The Hall–Kier alpha value is -2.24. The van der Waals surface area contributed by atoms with Crippen molar-refractivity contribution in [2.24, 2.45) is 5.10 Å². The fourth-order valence-electron chi connectivity index (χ4n) is 1.29. The first-order valence-electron chi connectivity index (χ1n) is 6.15. The monoisotopic (exact) mass is 372 g/mol. The first-order valence-corrected chi connectivity index (χ1v) is 7.33. The van der Waals surface area contributed by atoms with Gasteiger partial charge in [-0.05, 0) is 30.0 Å². The van der Waals surface area contributed by atoms with Crippen molar-refractivity contribution >= 4 is 64.5 Å². The molecule has 11 heteroatoms. The van der Waals surface area contributed by atoms with Gasteiger partial charge in [0, 0.05) is 0 Å². The van der Waals surface area contributed by atoms with Crippen molar-refractivity contribution in [3.8, 4) is 0 Å². The second-order valence-electron chi connectivity index (χ2n) is 4.08. The number of amidine groups is 1. The van der Waals surface area contributed by atoms with Crippen molar-refractivity contribution in [2.75, 3.05) is 5.43 Å². The van der Waals surface area contributed by atoms with Crippen molar-refractivity contribution in [3.63, 3.8) is 0 Å². The van der Waals surface area contributed by atoms with E-state index in [9.17, 15) is 4.79 Å². The molecule has 1 aromatic carbocycles. The van der Waals surface area contributed by atoms with E-state index in [4.69, 9.17) is 46.8 Å². The Morgan fingerprint density at radius 1 is 1.26 bits per heavy atom. The third-order valence-corrected chi connectivity index (χ3v) is 2.57. The van der Waals surface area contributed by atoms with Crippen LogP contribution in [0.3, 0.4) is 0 Å². The predicted octanol–water partition coefficient (Wildman–Crippen LogP) is 1.53. The van der Waals surface area contributed by atoms with Gasteiger partial charge >= 0.3 is 12.0 Å². The molecule has 0 radical (unpaired) electrons. The summed E-state index contributed by atoms with van der Waals surface area (Å²) >= 11 is 14.7. The number of nitrogens with zero attached hydrogens (tertiary/aromatic N) is 2. The molecule has 23 heavy (non-hydrogen) atoms. The fraction of sp³-hybridized carbons (Fsp3) is 0.167. The molecule has 1 rings (SSSR count). The second kappa shape index (κ2) is 9.02. The van der Waals surface area contributed by atoms with E-state index in [0.717, 1.165) is 4.05 Å². The average Bonchev–Trinajstić information content (AvgIpc) is 2.46. The van der Waals surface area contributed by atoms with Crippen molar-refractivity contribution in [2.45, 2.75) is 13.8 Å². The summed E-state index contributed by atoms with van der Waals surface area (Å²) in [6, 6.07) is 6.12. The molecule has 0 saturated heterocycles. The van der Waals surface area contributed by atoms with Crippen LogP contribution in [-0.2, 0) is 17.3 Å². The highest BCUT2D eigenvalue weighted by Crippen LogP contribution is 2.14. The molecule has 1 aromatic rings. The van der Waals surface area contributed by atoms with Crippen molar-refractivity contribution < 1.29 is 18.8 Å². The van der Waals surface area contributed by atoms with Gasteiger partial charge in [-0.1, -0.05) is 36.6 Å². The van der Waals surface area contributed by atoms with E-state index in [1.165, 1.54) is 6.07 Å². The molecule has 0 heterocycles. The molecule has 0 bridgehead atoms. The molecule has 0 aliphatic rings. The zero-order valence-electron chi connectivity index (χ0n) is 12.2. The van der Waals surface area contributed by atoms with Gasteiger partial charge in [-0.2, -0.15) is 5.43 Å². The average molecular weight is 372 g/mol. The van der Waals surface area contributed by atoms with Crippen molar-refractivity contribution in [1.29, 1.82) is 0 Å². The lowest BCUT2D eigenvalue weighted by Gasteiger charge is -2.06. The van der Waals surface area contributed by atoms with Crippen LogP contribution in [0.25, 0.3) is 0 Å². The van der Waals surface area contributed by atoms with Crippen molar-refractivity contribution in [1.82, 2.24) is 10.9 Å². The number of hydrogen-bond donors (Lipinski definition) is 4. The van der Waals surface area contributed by atoms with E-state index in [1.54, 1.807) is 32.0 Å². The van der Waals surface area contributed by atoms with E-state index in [-0.39, 0.29) is 17.3 Å². The quantitative estimate of drug-likeness (QED) is 0.207. The summed E-state index contributed by atoms with van der Waals surface area (Å²) in [5, 5.41) is 13.0. The molecule has 0 aliphatic carbocycles. The zero-order chi connectivity index (χ0) is 17.4. The maximum Gasteiger partial charge on any atom is 0.582 e. The number of hydrazone groups is 1. The lowest BCUT2D eigenvalue weighted by molar-refractivity contribution is -0.445. The van der Waals surface area contributed by atoms with Gasteiger partial charge in [0.05, 0.1) is 16.4 Å². The van der Waals surface area contributed by atoms with Crippen LogP contribution < -0.4 is 16.3 Å². The number of carbonyl (C=O) groups is 1. The number of thiocarbonyl (C=S) groups is 2. The van der Waals surface area contributed by atoms with Gasteiger partial charge in [0.25, 0.3) is 0 Å². The first kappa shape index (κ1) is 18.8. The smallest absolute Gasteiger partial charge is 0.478 e. The SMILES string of the molecule is CC(=S)NOC(=NNc1ccccc1C(=O)O)[N+](=S)NC(C)=S. The molecule has 0 unspecified atom stereocenters. The van der Waals surface area contributed by atoms with Crippen LogP contribution in [0.5, 0.6) is 0 Å². The molecule has 0 amide bonds. The Morgan fingerprint density at radius 2 is 1.91 bits per heavy atom. The normalized spacial score (nSPS) is 10.4. The molecule has 0 atom stereocenters. The summed E-state index contributed by atoms with van der Waals surface area (Å²) in [6.07, 6.45) is 0. The minimum Gasteiger partial charge on any atom is -0.478 e. The van der Waals surface area contributed by atoms with Crippen LogP contribution in [0.15, 0.2) is 29.4 Å². The number of anilines is 1. The summed E-state index contributed by atoms with van der Waals surface area (Å²) in [6.45, 7) is 3.23. The van der Waals surface area contributed by atoms with Crippen LogP contribution in [0.2, 0.25) is 0 Å². The Kier molecular flexibility index (Phi) is 7.38. The van der Waals surface area contributed by atoms with E-state index in [0.29, 0.717) is 9.98 Å². The molecule has 0 saturated carbocycles. The number of benzene rings is 1. The van der Waals surface area contributed by atoms with Gasteiger partial charge in [0.2, 0.25) is 0 Å². The summed E-state index contributed by atoms with van der Waals surface area (Å²) in [4.78, 5) is 17.0. The highest BCUT2D eigenvalue weighted by Gasteiger charge is 2.21. The van der Waals surface area contributed by atoms with E-state index in [2.05, 4.69) is 21.4 Å². The molecular weight excluding hydrogens is 358 g/mol. The Labute approximate surface area is 148 Å². The number of para-hydroxylation sites is 1. The third kappa shape index (κ3) is 6.59. The maximum atomic E-state index is 11.2. The van der Waals surface area contributed by atoms with Gasteiger partial charge in [-0.3, -0.25) is 4.84 Å². The lowest BCUT2D eigenvalue weighted by Crippen LogP contribution is -2.40. The molecular formula is C12H14N5O3S3+. The molecule has 0 aliphatic heterocycles. The maximum absolute atomic E-state index is 11.2. The highest BCUT2D eigenvalue weighted by atomic mass is 32.1. The third-order valence-electron chi connectivity index (χ3n) is 2.15. The van der Waals surface area contributed by atoms with Crippen LogP contribution >= 0.6 is 24.4 Å². The topological polar surface area (TPSA) is 98.0 Å². The summed E-state index contributed by atoms with van der Waals surface area (Å²) < 4.78 is 0.990. The second-order valence-corrected chi connectivity index (χ2v) is 5.67. The molecule has 8 nitrogen and oxygen atoms in total. The van der Waals surface area contributed by atoms with Gasteiger partial charge in [-0.25, -0.2) is 15.7 Å². The number of rotatable bonds is 3. The van der Waals surface area contributed by atoms with Crippen LogP contribution in [0.4, 0.5) is 5.69 Å².